The van der Waals surface area contributed by atoms with Gasteiger partial charge in [-0.2, -0.15) is 13.2 Å². The second-order valence-corrected chi connectivity index (χ2v) is 7.13. The van der Waals surface area contributed by atoms with Gasteiger partial charge in [0, 0.05) is 0 Å². The molecule has 138 valence electrons. The van der Waals surface area contributed by atoms with Crippen molar-refractivity contribution in [1.29, 1.82) is 0 Å². The zero-order chi connectivity index (χ0) is 18.6. The Morgan fingerprint density at radius 2 is 1.46 bits per heavy atom. The molecule has 4 aliphatic rings. The molecule has 0 radical (unpaired) electrons. The van der Waals surface area contributed by atoms with Crippen molar-refractivity contribution in [3.63, 3.8) is 0 Å². The van der Waals surface area contributed by atoms with Crippen LogP contribution in [0.25, 0.3) is 0 Å². The lowest BCUT2D eigenvalue weighted by molar-refractivity contribution is -0.240. The maximum Gasteiger partial charge on any atom is 0.392 e. The number of alkyl halides is 3. The molecule has 26 heavy (non-hydrogen) atoms. The number of carbonyl (C=O) groups is 3. The lowest BCUT2D eigenvalue weighted by atomic mass is 9.58. The molecule has 2 bridgehead atoms. The molecule has 2 amide bonds. The topological polar surface area (TPSA) is 63.7 Å². The molecule has 5 nitrogen and oxygen atoms in total. The van der Waals surface area contributed by atoms with Crippen molar-refractivity contribution >= 4 is 17.8 Å². The molecule has 0 spiro atoms. The van der Waals surface area contributed by atoms with Crippen molar-refractivity contribution in [3.05, 3.63) is 35.4 Å². The lowest BCUT2D eigenvalue weighted by Gasteiger charge is -2.47. The zero-order valence-electron chi connectivity index (χ0n) is 13.7. The number of amides is 2. The third-order valence-electron chi connectivity index (χ3n) is 5.81. The summed E-state index contributed by atoms with van der Waals surface area (Å²) in [6.45, 7) is 0. The first kappa shape index (κ1) is 17.1. The molecular weight excluding hydrogens is 351 g/mol. The standard InChI is InChI=1S/C18H16F3NO4/c19-18(20,21)14-10-7-5-9(6-8-10)13(14)17(25)26-22-15(23)11-3-1-2-4-12(11)16(22)24/h1-4,9-10,13-14H,5-8H2/t9?,10?,13-,14-/m0/s1. The molecule has 1 aromatic carbocycles. The molecule has 3 fully saturated rings. The van der Waals surface area contributed by atoms with E-state index in [9.17, 15) is 27.6 Å². The Morgan fingerprint density at radius 3 is 1.96 bits per heavy atom. The van der Waals surface area contributed by atoms with Gasteiger partial charge in [-0.25, -0.2) is 4.79 Å². The highest BCUT2D eigenvalue weighted by Gasteiger charge is 2.59. The molecule has 0 N–H and O–H groups in total. The van der Waals surface area contributed by atoms with Gasteiger partial charge < -0.3 is 4.84 Å². The number of imide groups is 1. The number of hydroxylamine groups is 2. The van der Waals surface area contributed by atoms with E-state index >= 15 is 0 Å². The van der Waals surface area contributed by atoms with Gasteiger partial charge >= 0.3 is 12.1 Å². The number of nitrogens with zero attached hydrogens (tertiary/aromatic N) is 1. The second kappa shape index (κ2) is 5.82. The number of halogens is 3. The normalized spacial score (nSPS) is 30.5. The molecule has 3 aliphatic carbocycles. The van der Waals surface area contributed by atoms with E-state index in [-0.39, 0.29) is 11.1 Å². The van der Waals surface area contributed by atoms with Crippen LogP contribution in [-0.2, 0) is 9.63 Å². The molecule has 3 saturated carbocycles. The van der Waals surface area contributed by atoms with E-state index < -0.39 is 47.6 Å². The summed E-state index contributed by atoms with van der Waals surface area (Å²) >= 11 is 0. The van der Waals surface area contributed by atoms with Gasteiger partial charge in [0.15, 0.2) is 0 Å². The largest absolute Gasteiger partial charge is 0.392 e. The number of hydrogen-bond donors (Lipinski definition) is 0. The van der Waals surface area contributed by atoms with Crippen LogP contribution in [0.3, 0.4) is 0 Å². The second-order valence-electron chi connectivity index (χ2n) is 7.13. The minimum atomic E-state index is -4.52. The van der Waals surface area contributed by atoms with Gasteiger partial charge in [0.2, 0.25) is 0 Å². The number of fused-ring (bicyclic) bond motifs is 4. The van der Waals surface area contributed by atoms with Crippen LogP contribution in [0.1, 0.15) is 46.4 Å². The van der Waals surface area contributed by atoms with Crippen LogP contribution in [0.4, 0.5) is 13.2 Å². The van der Waals surface area contributed by atoms with Gasteiger partial charge in [0.25, 0.3) is 11.8 Å². The van der Waals surface area contributed by atoms with Gasteiger partial charge in [-0.3, -0.25) is 9.59 Å². The highest BCUT2D eigenvalue weighted by molar-refractivity contribution is 6.20. The fraction of sp³-hybridized carbons (Fsp3) is 0.500. The van der Waals surface area contributed by atoms with Crippen molar-refractivity contribution in [3.8, 4) is 0 Å². The minimum absolute atomic E-state index is 0.0721. The first-order valence-corrected chi connectivity index (χ1v) is 8.55. The average Bonchev–Trinajstić information content (AvgIpc) is 2.86. The highest BCUT2D eigenvalue weighted by Crippen LogP contribution is 2.54. The van der Waals surface area contributed by atoms with Crippen LogP contribution < -0.4 is 0 Å². The Labute approximate surface area is 147 Å². The predicted octanol–water partition coefficient (Wildman–Crippen LogP) is 3.36. The van der Waals surface area contributed by atoms with E-state index in [2.05, 4.69) is 0 Å². The maximum atomic E-state index is 13.5. The maximum absolute atomic E-state index is 13.5. The van der Waals surface area contributed by atoms with Gasteiger partial charge in [0.1, 0.15) is 0 Å². The first-order valence-electron chi connectivity index (χ1n) is 8.55. The van der Waals surface area contributed by atoms with Gasteiger partial charge in [-0.05, 0) is 49.7 Å². The van der Waals surface area contributed by atoms with E-state index in [0.29, 0.717) is 30.7 Å². The Balaban J connectivity index is 1.58. The van der Waals surface area contributed by atoms with Gasteiger partial charge in [-0.1, -0.05) is 17.2 Å². The molecule has 0 aromatic heterocycles. The van der Waals surface area contributed by atoms with Crippen LogP contribution in [-0.4, -0.2) is 29.0 Å². The third-order valence-corrected chi connectivity index (χ3v) is 5.81. The summed E-state index contributed by atoms with van der Waals surface area (Å²) in [4.78, 5) is 42.0. The van der Waals surface area contributed by atoms with Gasteiger partial charge in [0.05, 0.1) is 23.0 Å². The Kier molecular flexibility index (Phi) is 3.82. The summed E-state index contributed by atoms with van der Waals surface area (Å²) in [6.07, 6.45) is -2.59. The van der Waals surface area contributed by atoms with Crippen LogP contribution in [0.5, 0.6) is 0 Å². The highest BCUT2D eigenvalue weighted by atomic mass is 19.4. The van der Waals surface area contributed by atoms with E-state index in [4.69, 9.17) is 4.84 Å². The minimum Gasteiger partial charge on any atom is -0.329 e. The van der Waals surface area contributed by atoms with E-state index in [1.54, 1.807) is 12.1 Å². The van der Waals surface area contributed by atoms with Crippen LogP contribution in [0.15, 0.2) is 24.3 Å². The smallest absolute Gasteiger partial charge is 0.329 e. The third kappa shape index (κ3) is 2.50. The molecule has 2 atom stereocenters. The molecule has 1 aliphatic heterocycles. The molecule has 0 unspecified atom stereocenters. The first-order chi connectivity index (χ1) is 12.3. The molecule has 5 rings (SSSR count). The van der Waals surface area contributed by atoms with Crippen molar-refractivity contribution in [2.75, 3.05) is 0 Å². The summed E-state index contributed by atoms with van der Waals surface area (Å²) in [5, 5.41) is 0.294. The van der Waals surface area contributed by atoms with E-state index in [0.717, 1.165) is 0 Å². The number of rotatable bonds is 2. The Hall–Kier alpha value is -2.38. The summed E-state index contributed by atoms with van der Waals surface area (Å²) in [7, 11) is 0. The average molecular weight is 367 g/mol. The fourth-order valence-corrected chi connectivity index (χ4v) is 4.66. The van der Waals surface area contributed by atoms with Gasteiger partial charge in [-0.15, -0.1) is 0 Å². The SMILES string of the molecule is O=C(ON1C(=O)c2ccccc2C1=O)[C@H]1C2CCC(CC2)[C@@H]1C(F)(F)F. The van der Waals surface area contributed by atoms with E-state index in [1.165, 1.54) is 12.1 Å². The van der Waals surface area contributed by atoms with Crippen molar-refractivity contribution in [2.24, 2.45) is 23.7 Å². The predicted molar refractivity (Wildman–Crippen MR) is 81.5 cm³/mol. The van der Waals surface area contributed by atoms with Crippen molar-refractivity contribution in [1.82, 2.24) is 5.06 Å². The monoisotopic (exact) mass is 367 g/mol. The van der Waals surface area contributed by atoms with Crippen molar-refractivity contribution < 1.29 is 32.4 Å². The summed E-state index contributed by atoms with van der Waals surface area (Å²) in [5.41, 5.74) is 0.144. The van der Waals surface area contributed by atoms with Crippen LogP contribution in [0.2, 0.25) is 0 Å². The fourth-order valence-electron chi connectivity index (χ4n) is 4.66. The quantitative estimate of drug-likeness (QED) is 0.752. The number of carbonyl (C=O) groups excluding carboxylic acids is 3. The van der Waals surface area contributed by atoms with Crippen molar-refractivity contribution in [2.45, 2.75) is 31.9 Å². The summed E-state index contributed by atoms with van der Waals surface area (Å²) in [6, 6.07) is 5.92. The molecule has 8 heteroatoms. The lowest BCUT2D eigenvalue weighted by Crippen LogP contribution is -2.52. The Bertz CT molecular complexity index is 748. The van der Waals surface area contributed by atoms with E-state index in [1.807, 2.05) is 0 Å². The molecule has 1 heterocycles. The molecule has 0 saturated heterocycles. The summed E-state index contributed by atoms with van der Waals surface area (Å²) in [5.74, 6) is -7.00. The molecule has 1 aromatic rings. The zero-order valence-corrected chi connectivity index (χ0v) is 13.7. The van der Waals surface area contributed by atoms with Crippen LogP contribution >= 0.6 is 0 Å². The number of benzene rings is 1. The Morgan fingerprint density at radius 1 is 0.962 bits per heavy atom. The molecular formula is C18H16F3NO4. The summed E-state index contributed by atoms with van der Waals surface area (Å²) < 4.78 is 40.6. The van der Waals surface area contributed by atoms with Crippen LogP contribution in [0, 0.1) is 23.7 Å². The number of hydrogen-bond acceptors (Lipinski definition) is 4.